The lowest BCUT2D eigenvalue weighted by Crippen LogP contribution is -2.47. The Kier molecular flexibility index (Phi) is 4.49. The van der Waals surface area contributed by atoms with Crippen molar-refractivity contribution in [2.45, 2.75) is 32.3 Å². The molecule has 1 saturated heterocycles. The van der Waals surface area contributed by atoms with Gasteiger partial charge in [-0.2, -0.15) is 4.37 Å². The first-order chi connectivity index (χ1) is 9.50. The summed E-state index contributed by atoms with van der Waals surface area (Å²) in [6, 6.07) is 0. The summed E-state index contributed by atoms with van der Waals surface area (Å²) in [5.41, 5.74) is 6.00. The normalized spacial score (nSPS) is 22.9. The smallest absolute Gasteiger partial charge is 0.345 e. The molecule has 2 heterocycles. The third kappa shape index (κ3) is 2.88. The number of carbonyl (C=O) groups excluding carboxylic acids is 1. The molecule has 0 saturated carbocycles. The summed E-state index contributed by atoms with van der Waals surface area (Å²) < 4.78 is 14.8. The van der Waals surface area contributed by atoms with Crippen molar-refractivity contribution < 1.29 is 14.3 Å². The van der Waals surface area contributed by atoms with Gasteiger partial charge in [0, 0.05) is 20.2 Å². The van der Waals surface area contributed by atoms with E-state index in [1.807, 2.05) is 0 Å². The zero-order valence-corrected chi connectivity index (χ0v) is 13.0. The average molecular weight is 299 g/mol. The number of nitrogens with zero attached hydrogens (tertiary/aromatic N) is 2. The largest absolute Gasteiger partial charge is 0.462 e. The van der Waals surface area contributed by atoms with E-state index in [0.29, 0.717) is 12.2 Å². The summed E-state index contributed by atoms with van der Waals surface area (Å²) in [4.78, 5) is 14.1. The molecule has 1 unspecified atom stereocenters. The van der Waals surface area contributed by atoms with Crippen molar-refractivity contribution in [3.63, 3.8) is 0 Å². The molecule has 1 aromatic heterocycles. The Balaban J connectivity index is 2.27. The Morgan fingerprint density at radius 3 is 3.00 bits per heavy atom. The minimum Gasteiger partial charge on any atom is -0.462 e. The molecule has 20 heavy (non-hydrogen) atoms. The van der Waals surface area contributed by atoms with Gasteiger partial charge in [0.15, 0.2) is 5.82 Å². The first kappa shape index (κ1) is 15.1. The lowest BCUT2D eigenvalue weighted by Gasteiger charge is -2.40. The van der Waals surface area contributed by atoms with Gasteiger partial charge in [-0.3, -0.25) is 0 Å². The molecule has 112 valence electrons. The van der Waals surface area contributed by atoms with E-state index >= 15 is 0 Å². The van der Waals surface area contributed by atoms with E-state index in [9.17, 15) is 4.79 Å². The summed E-state index contributed by atoms with van der Waals surface area (Å²) in [7, 11) is 1.72. The predicted molar refractivity (Wildman–Crippen MR) is 79.3 cm³/mol. The predicted octanol–water partition coefficient (Wildman–Crippen LogP) is 1.91. The Morgan fingerprint density at radius 2 is 2.35 bits per heavy atom. The Morgan fingerprint density at radius 1 is 1.60 bits per heavy atom. The zero-order chi connectivity index (χ0) is 14.8. The number of carbonyl (C=O) groups is 1. The van der Waals surface area contributed by atoms with Crippen LogP contribution in [-0.2, 0) is 9.47 Å². The molecule has 0 aliphatic carbocycles. The standard InChI is InChI=1S/C13H21N3O3S/c1-4-19-12(17)9-10(14)15-20-11(9)16-7-5-6-13(2,8-16)18-3/h4-8H2,1-3H3,(H2,14,15). The summed E-state index contributed by atoms with van der Waals surface area (Å²) in [6.07, 6.45) is 2.01. The minimum absolute atomic E-state index is 0.205. The number of hydrogen-bond acceptors (Lipinski definition) is 7. The molecule has 1 atom stereocenters. The highest BCUT2D eigenvalue weighted by Crippen LogP contribution is 2.35. The van der Waals surface area contributed by atoms with Gasteiger partial charge in [0.2, 0.25) is 0 Å². The van der Waals surface area contributed by atoms with Gasteiger partial charge in [0.25, 0.3) is 0 Å². The number of esters is 1. The fourth-order valence-electron chi connectivity index (χ4n) is 2.45. The minimum atomic E-state index is -0.404. The third-order valence-corrected chi connectivity index (χ3v) is 4.54. The zero-order valence-electron chi connectivity index (χ0n) is 12.1. The molecule has 1 aliphatic rings. The van der Waals surface area contributed by atoms with Crippen LogP contribution < -0.4 is 10.6 Å². The number of piperidine rings is 1. The number of nitrogen functional groups attached to an aromatic ring is 1. The molecule has 1 aromatic rings. The maximum absolute atomic E-state index is 12.0. The highest BCUT2D eigenvalue weighted by Gasteiger charge is 2.34. The Bertz CT molecular complexity index is 491. The van der Waals surface area contributed by atoms with Gasteiger partial charge in [-0.15, -0.1) is 0 Å². The number of rotatable bonds is 4. The molecule has 0 radical (unpaired) electrons. The van der Waals surface area contributed by atoms with Crippen molar-refractivity contribution in [3.8, 4) is 0 Å². The topological polar surface area (TPSA) is 77.7 Å². The van der Waals surface area contributed by atoms with Gasteiger partial charge < -0.3 is 20.1 Å². The van der Waals surface area contributed by atoms with Gasteiger partial charge in [0.1, 0.15) is 10.6 Å². The number of ether oxygens (including phenoxy) is 2. The van der Waals surface area contributed by atoms with Crippen LogP contribution in [0.15, 0.2) is 0 Å². The molecule has 1 aliphatic heterocycles. The maximum atomic E-state index is 12.0. The van der Waals surface area contributed by atoms with Crippen LogP contribution in [-0.4, -0.2) is 42.8 Å². The third-order valence-electron chi connectivity index (χ3n) is 3.62. The van der Waals surface area contributed by atoms with Crippen LogP contribution in [0.5, 0.6) is 0 Å². The van der Waals surface area contributed by atoms with Gasteiger partial charge in [-0.1, -0.05) is 0 Å². The SMILES string of the molecule is CCOC(=O)c1c(N)nsc1N1CCCC(C)(OC)C1. The number of nitrogens with two attached hydrogens (primary N) is 1. The van der Waals surface area contributed by atoms with Crippen LogP contribution in [0, 0.1) is 0 Å². The highest BCUT2D eigenvalue weighted by molar-refractivity contribution is 7.11. The van der Waals surface area contributed by atoms with Gasteiger partial charge in [-0.05, 0) is 38.2 Å². The van der Waals surface area contributed by atoms with E-state index in [1.54, 1.807) is 14.0 Å². The number of anilines is 2. The molecular weight excluding hydrogens is 278 g/mol. The molecule has 7 heteroatoms. The van der Waals surface area contributed by atoms with Crippen LogP contribution in [0.1, 0.15) is 37.0 Å². The molecule has 0 amide bonds. The van der Waals surface area contributed by atoms with Crippen LogP contribution in [0.3, 0.4) is 0 Å². The molecular formula is C13H21N3O3S. The molecule has 2 rings (SSSR count). The van der Waals surface area contributed by atoms with Crippen LogP contribution >= 0.6 is 11.5 Å². The fourth-order valence-corrected chi connectivity index (χ4v) is 3.28. The number of methoxy groups -OCH3 is 1. The highest BCUT2D eigenvalue weighted by atomic mass is 32.1. The number of aromatic nitrogens is 1. The van der Waals surface area contributed by atoms with Crippen LogP contribution in [0.2, 0.25) is 0 Å². The molecule has 2 N–H and O–H groups in total. The Labute approximate surface area is 123 Å². The van der Waals surface area contributed by atoms with E-state index in [2.05, 4.69) is 16.2 Å². The second kappa shape index (κ2) is 5.97. The Hall–Kier alpha value is -1.34. The van der Waals surface area contributed by atoms with E-state index in [1.165, 1.54) is 11.5 Å². The van der Waals surface area contributed by atoms with E-state index in [0.717, 1.165) is 30.9 Å². The van der Waals surface area contributed by atoms with Gasteiger partial charge in [0.05, 0.1) is 12.2 Å². The van der Waals surface area contributed by atoms with Crippen molar-refractivity contribution in [2.75, 3.05) is 37.4 Å². The number of hydrogen-bond donors (Lipinski definition) is 1. The molecule has 0 spiro atoms. The first-order valence-electron chi connectivity index (χ1n) is 6.73. The molecule has 0 aromatic carbocycles. The van der Waals surface area contributed by atoms with Crippen molar-refractivity contribution in [1.82, 2.24) is 4.37 Å². The second-order valence-corrected chi connectivity index (χ2v) is 5.90. The van der Waals surface area contributed by atoms with E-state index in [4.69, 9.17) is 15.2 Å². The summed E-state index contributed by atoms with van der Waals surface area (Å²) in [5, 5.41) is 0.781. The lowest BCUT2D eigenvalue weighted by atomic mass is 9.95. The summed E-state index contributed by atoms with van der Waals surface area (Å²) in [6.45, 7) is 5.76. The van der Waals surface area contributed by atoms with Crippen molar-refractivity contribution >= 4 is 28.3 Å². The van der Waals surface area contributed by atoms with Crippen LogP contribution in [0.25, 0.3) is 0 Å². The van der Waals surface area contributed by atoms with Gasteiger partial charge >= 0.3 is 5.97 Å². The lowest BCUT2D eigenvalue weighted by molar-refractivity contribution is -0.00460. The van der Waals surface area contributed by atoms with Gasteiger partial charge in [-0.25, -0.2) is 4.79 Å². The average Bonchev–Trinajstić information content (AvgIpc) is 2.81. The fraction of sp³-hybridized carbons (Fsp3) is 0.692. The van der Waals surface area contributed by atoms with Crippen LogP contribution in [0.4, 0.5) is 10.8 Å². The molecule has 0 bridgehead atoms. The molecule has 1 fully saturated rings. The monoisotopic (exact) mass is 299 g/mol. The summed E-state index contributed by atoms with van der Waals surface area (Å²) in [5.74, 6) is -0.161. The maximum Gasteiger partial charge on any atom is 0.345 e. The quantitative estimate of drug-likeness (QED) is 0.856. The summed E-state index contributed by atoms with van der Waals surface area (Å²) >= 11 is 1.24. The van der Waals surface area contributed by atoms with E-state index in [-0.39, 0.29) is 11.4 Å². The van der Waals surface area contributed by atoms with Crippen molar-refractivity contribution in [1.29, 1.82) is 0 Å². The van der Waals surface area contributed by atoms with Crippen molar-refractivity contribution in [2.24, 2.45) is 0 Å². The van der Waals surface area contributed by atoms with Crippen molar-refractivity contribution in [3.05, 3.63) is 5.56 Å². The molecule has 6 nitrogen and oxygen atoms in total. The van der Waals surface area contributed by atoms with E-state index < -0.39 is 5.97 Å². The second-order valence-electron chi connectivity index (χ2n) is 5.15. The first-order valence-corrected chi connectivity index (χ1v) is 7.50.